The second-order valence-corrected chi connectivity index (χ2v) is 7.96. The number of carbonyl (C=O) groups excluding carboxylic acids is 1. The number of aromatic nitrogens is 1. The molecule has 0 spiro atoms. The largest absolute Gasteiger partial charge is 0.319 e. The van der Waals surface area contributed by atoms with Gasteiger partial charge in [0.2, 0.25) is 0 Å². The normalized spacial score (nSPS) is 11.8. The van der Waals surface area contributed by atoms with Crippen LogP contribution >= 0.6 is 33.9 Å². The number of hydrogen-bond acceptors (Lipinski definition) is 2. The van der Waals surface area contributed by atoms with Crippen LogP contribution in [0.25, 0.3) is 11.3 Å². The minimum atomic E-state index is -0.202. The molecule has 1 heterocycles. The Morgan fingerprint density at radius 2 is 1.75 bits per heavy atom. The number of carbonyl (C=O) groups is 1. The van der Waals surface area contributed by atoms with Crippen molar-refractivity contribution in [2.45, 2.75) is 13.8 Å². The second-order valence-electron chi connectivity index (χ2n) is 5.61. The van der Waals surface area contributed by atoms with E-state index in [4.69, 9.17) is 0 Å². The van der Waals surface area contributed by atoms with Crippen LogP contribution in [0, 0.1) is 17.4 Å². The fraction of sp³-hybridized carbons (Fsp3) is 0.158. The van der Waals surface area contributed by atoms with Gasteiger partial charge in [-0.25, -0.2) is 0 Å². The van der Waals surface area contributed by atoms with Crippen LogP contribution in [0.2, 0.25) is 0 Å². The lowest BCUT2D eigenvalue weighted by Gasteiger charge is -2.05. The maximum atomic E-state index is 12.5. The molecule has 0 aliphatic carbocycles. The smallest absolute Gasteiger partial charge is 0.280 e. The highest BCUT2D eigenvalue weighted by Crippen LogP contribution is 2.24. The molecular weight excluding hydrogens is 431 g/mol. The van der Waals surface area contributed by atoms with E-state index in [-0.39, 0.29) is 5.91 Å². The lowest BCUT2D eigenvalue weighted by atomic mass is 10.1. The van der Waals surface area contributed by atoms with Crippen molar-refractivity contribution in [1.82, 2.24) is 4.57 Å². The summed E-state index contributed by atoms with van der Waals surface area (Å²) in [4.78, 5) is 18.7. The summed E-state index contributed by atoms with van der Waals surface area (Å²) in [6, 6.07) is 15.9. The zero-order valence-electron chi connectivity index (χ0n) is 13.7. The molecule has 0 atom stereocenters. The van der Waals surface area contributed by atoms with Crippen LogP contribution in [-0.4, -0.2) is 10.5 Å². The number of halogens is 1. The lowest BCUT2D eigenvalue weighted by Crippen LogP contribution is -2.14. The molecule has 3 rings (SSSR count). The van der Waals surface area contributed by atoms with Crippen LogP contribution < -0.4 is 4.80 Å². The molecule has 1 amide bonds. The molecule has 2 aromatic carbocycles. The third-order valence-corrected chi connectivity index (χ3v) is 5.81. The van der Waals surface area contributed by atoms with E-state index in [1.165, 1.54) is 5.56 Å². The molecule has 122 valence electrons. The van der Waals surface area contributed by atoms with Gasteiger partial charge in [-0.3, -0.25) is 4.79 Å². The van der Waals surface area contributed by atoms with Gasteiger partial charge in [0.25, 0.3) is 5.91 Å². The van der Waals surface area contributed by atoms with Crippen LogP contribution in [0.4, 0.5) is 0 Å². The second kappa shape index (κ2) is 7.03. The van der Waals surface area contributed by atoms with Crippen molar-refractivity contribution in [2.75, 3.05) is 0 Å². The van der Waals surface area contributed by atoms with Gasteiger partial charge in [0, 0.05) is 15.5 Å². The van der Waals surface area contributed by atoms with Crippen molar-refractivity contribution in [3.05, 3.63) is 72.9 Å². The third kappa shape index (κ3) is 3.37. The summed E-state index contributed by atoms with van der Waals surface area (Å²) in [7, 11) is 1.96. The molecule has 0 saturated carbocycles. The summed E-state index contributed by atoms with van der Waals surface area (Å²) < 4.78 is 2.91. The predicted octanol–water partition coefficient (Wildman–Crippen LogP) is 4.72. The Hall–Kier alpha value is -1.73. The van der Waals surface area contributed by atoms with Crippen LogP contribution in [0.15, 0.2) is 53.5 Å². The number of rotatable bonds is 2. The monoisotopic (exact) mass is 448 g/mol. The van der Waals surface area contributed by atoms with E-state index in [9.17, 15) is 4.79 Å². The molecule has 0 radical (unpaired) electrons. The first kappa shape index (κ1) is 17.1. The van der Waals surface area contributed by atoms with E-state index in [1.54, 1.807) is 11.3 Å². The summed E-state index contributed by atoms with van der Waals surface area (Å²) in [6.45, 7) is 4.14. The highest BCUT2D eigenvalue weighted by Gasteiger charge is 2.12. The first-order valence-corrected chi connectivity index (χ1v) is 9.44. The Morgan fingerprint density at radius 3 is 2.42 bits per heavy atom. The van der Waals surface area contributed by atoms with Crippen molar-refractivity contribution in [3.63, 3.8) is 0 Å². The van der Waals surface area contributed by atoms with E-state index in [2.05, 4.69) is 65.7 Å². The van der Waals surface area contributed by atoms with Crippen molar-refractivity contribution >= 4 is 39.8 Å². The highest BCUT2D eigenvalue weighted by molar-refractivity contribution is 14.1. The molecule has 0 saturated heterocycles. The van der Waals surface area contributed by atoms with Crippen LogP contribution in [0.5, 0.6) is 0 Å². The Balaban J connectivity index is 2.07. The standard InChI is InChI=1S/C19H17IN2OS/c1-12-8-10-14(11-9-12)17-13(2)24-19(22(17)3)21-18(23)15-6-4-5-7-16(15)20/h4-11H,1-3H3. The quantitative estimate of drug-likeness (QED) is 0.523. The molecule has 3 aromatic rings. The van der Waals surface area contributed by atoms with Gasteiger partial charge in [0.05, 0.1) is 11.3 Å². The average Bonchev–Trinajstić information content (AvgIpc) is 2.83. The number of thiazole rings is 1. The molecule has 24 heavy (non-hydrogen) atoms. The van der Waals surface area contributed by atoms with Crippen LogP contribution in [0.1, 0.15) is 20.8 Å². The summed E-state index contributed by atoms with van der Waals surface area (Å²) in [5, 5.41) is 0. The molecule has 0 aliphatic heterocycles. The summed E-state index contributed by atoms with van der Waals surface area (Å²) in [5.74, 6) is -0.202. The number of benzene rings is 2. The molecule has 0 N–H and O–H groups in total. The molecule has 1 aromatic heterocycles. The van der Waals surface area contributed by atoms with E-state index < -0.39 is 0 Å². The van der Waals surface area contributed by atoms with Gasteiger partial charge >= 0.3 is 0 Å². The fourth-order valence-electron chi connectivity index (χ4n) is 2.57. The number of nitrogens with zero attached hydrogens (tertiary/aromatic N) is 2. The Labute approximate surface area is 158 Å². The van der Waals surface area contributed by atoms with Crippen LogP contribution in [-0.2, 0) is 7.05 Å². The Bertz CT molecular complexity index is 968. The minimum Gasteiger partial charge on any atom is -0.319 e. The first-order chi connectivity index (χ1) is 11.5. The van der Waals surface area contributed by atoms with Gasteiger partial charge < -0.3 is 4.57 Å². The van der Waals surface area contributed by atoms with Crippen molar-refractivity contribution in [2.24, 2.45) is 12.0 Å². The number of aryl methyl sites for hydroxylation is 2. The molecule has 0 unspecified atom stereocenters. The summed E-state index contributed by atoms with van der Waals surface area (Å²) in [5.41, 5.74) is 4.11. The first-order valence-electron chi connectivity index (χ1n) is 7.54. The van der Waals surface area contributed by atoms with Gasteiger partial charge in [-0.15, -0.1) is 11.3 Å². The fourth-order valence-corrected chi connectivity index (χ4v) is 4.17. The van der Waals surface area contributed by atoms with E-state index >= 15 is 0 Å². The number of amides is 1. The molecule has 0 aliphatic rings. The summed E-state index contributed by atoms with van der Waals surface area (Å²) in [6.07, 6.45) is 0. The maximum absolute atomic E-state index is 12.5. The lowest BCUT2D eigenvalue weighted by molar-refractivity contribution is 0.0997. The van der Waals surface area contributed by atoms with Crippen molar-refractivity contribution in [1.29, 1.82) is 0 Å². The predicted molar refractivity (Wildman–Crippen MR) is 107 cm³/mol. The average molecular weight is 448 g/mol. The Morgan fingerprint density at radius 1 is 1.08 bits per heavy atom. The van der Waals surface area contributed by atoms with E-state index in [0.29, 0.717) is 10.4 Å². The van der Waals surface area contributed by atoms with E-state index in [1.807, 2.05) is 35.9 Å². The van der Waals surface area contributed by atoms with Gasteiger partial charge in [-0.1, -0.05) is 42.0 Å². The van der Waals surface area contributed by atoms with E-state index in [0.717, 1.165) is 19.7 Å². The number of hydrogen-bond donors (Lipinski definition) is 0. The van der Waals surface area contributed by atoms with Gasteiger partial charge in [0.1, 0.15) is 0 Å². The minimum absolute atomic E-state index is 0.202. The van der Waals surface area contributed by atoms with Crippen molar-refractivity contribution < 1.29 is 4.79 Å². The van der Waals surface area contributed by atoms with Gasteiger partial charge in [0.15, 0.2) is 4.80 Å². The molecule has 0 fully saturated rings. The molecule has 3 nitrogen and oxygen atoms in total. The zero-order valence-corrected chi connectivity index (χ0v) is 16.7. The van der Waals surface area contributed by atoms with Crippen LogP contribution in [0.3, 0.4) is 0 Å². The molecule has 0 bridgehead atoms. The van der Waals surface area contributed by atoms with Gasteiger partial charge in [-0.05, 0) is 54.1 Å². The van der Waals surface area contributed by atoms with Crippen molar-refractivity contribution in [3.8, 4) is 11.3 Å². The SMILES string of the molecule is Cc1ccc(-c2c(C)sc(=NC(=O)c3ccccc3I)n2C)cc1. The third-order valence-electron chi connectivity index (χ3n) is 3.83. The topological polar surface area (TPSA) is 34.4 Å². The Kier molecular flexibility index (Phi) is 5.01. The highest BCUT2D eigenvalue weighted by atomic mass is 127. The maximum Gasteiger partial charge on any atom is 0.280 e. The van der Waals surface area contributed by atoms with Gasteiger partial charge in [-0.2, -0.15) is 4.99 Å². The molecular formula is C19H17IN2OS. The summed E-state index contributed by atoms with van der Waals surface area (Å²) >= 11 is 3.71. The zero-order chi connectivity index (χ0) is 17.3. The molecule has 5 heteroatoms.